The molecule has 0 atom stereocenters. The van der Waals surface area contributed by atoms with E-state index in [9.17, 15) is 0 Å². The molecule has 0 aromatic heterocycles. The molecule has 0 fully saturated rings. The van der Waals surface area contributed by atoms with Crippen molar-refractivity contribution in [1.82, 2.24) is 0 Å². The van der Waals surface area contributed by atoms with Crippen molar-refractivity contribution < 1.29 is 34.8 Å². The van der Waals surface area contributed by atoms with Crippen LogP contribution < -0.4 is 12.4 Å². The second-order valence-electron chi connectivity index (χ2n) is 5.50. The van der Waals surface area contributed by atoms with Gasteiger partial charge in [0.05, 0.1) is 0 Å². The predicted octanol–water partition coefficient (Wildman–Crippen LogP) is 1.40. The largest absolute Gasteiger partial charge is 1.00 e. The molecule has 0 radical (unpaired) electrons. The van der Waals surface area contributed by atoms with E-state index < -0.39 is 0 Å². The Hall–Kier alpha value is 0.350. The maximum atomic E-state index is 2.55. The van der Waals surface area contributed by atoms with Gasteiger partial charge in [-0.05, 0) is 0 Å². The van der Waals surface area contributed by atoms with Crippen LogP contribution in [-0.2, 0) is 22.4 Å². The number of allylic oxidation sites excluding steroid dienone is 8. The zero-order valence-corrected chi connectivity index (χ0v) is 16.1. The van der Waals surface area contributed by atoms with E-state index in [4.69, 9.17) is 0 Å². The minimum absolute atomic E-state index is 0. The molecule has 2 aliphatic rings. The first-order valence-electron chi connectivity index (χ1n) is 6.57. The zero-order chi connectivity index (χ0) is 12.4. The molecule has 0 aromatic rings. The Morgan fingerprint density at radius 1 is 1.00 bits per heavy atom. The van der Waals surface area contributed by atoms with Crippen LogP contribution in [-0.4, -0.2) is 5.92 Å². The summed E-state index contributed by atoms with van der Waals surface area (Å²) in [6.07, 6.45) is 12.2. The molecular formula is C15H22ClSiZr. The van der Waals surface area contributed by atoms with Crippen molar-refractivity contribution in [2.75, 3.05) is 0 Å². The SMILES string of the molecule is CC1=CCC([CH]([Zr+][SiH](C)C)C2=CC(C)=CC2)=C1.[Cl-]. The first-order chi connectivity index (χ1) is 8.06. The summed E-state index contributed by atoms with van der Waals surface area (Å²) < 4.78 is 0.910. The molecule has 0 unspecified atom stereocenters. The molecule has 2 rings (SSSR count). The Labute approximate surface area is 130 Å². The van der Waals surface area contributed by atoms with E-state index in [2.05, 4.69) is 51.2 Å². The van der Waals surface area contributed by atoms with Crippen LogP contribution in [0, 0.1) is 0 Å². The number of rotatable bonds is 4. The Balaban J connectivity index is 0.00000162. The minimum atomic E-state index is -0.339. The van der Waals surface area contributed by atoms with Crippen LogP contribution in [0.3, 0.4) is 0 Å². The van der Waals surface area contributed by atoms with E-state index in [0.29, 0.717) is 0 Å². The molecule has 0 bridgehead atoms. The first-order valence-corrected chi connectivity index (χ1v) is 15.1. The van der Waals surface area contributed by atoms with Gasteiger partial charge < -0.3 is 12.4 Å². The molecule has 18 heavy (non-hydrogen) atoms. The molecule has 0 amide bonds. The van der Waals surface area contributed by atoms with Crippen molar-refractivity contribution in [3.05, 3.63) is 46.6 Å². The third kappa shape index (κ3) is 4.18. The van der Waals surface area contributed by atoms with Gasteiger partial charge in [-0.2, -0.15) is 0 Å². The van der Waals surface area contributed by atoms with Gasteiger partial charge in [0.1, 0.15) is 0 Å². The van der Waals surface area contributed by atoms with Gasteiger partial charge in [0.25, 0.3) is 0 Å². The van der Waals surface area contributed by atoms with Crippen molar-refractivity contribution in [2.24, 2.45) is 0 Å². The van der Waals surface area contributed by atoms with Gasteiger partial charge >= 0.3 is 118 Å². The van der Waals surface area contributed by atoms with Crippen LogP contribution in [0.2, 0.25) is 16.7 Å². The molecule has 0 aromatic carbocycles. The van der Waals surface area contributed by atoms with E-state index in [1.165, 1.54) is 24.0 Å². The Bertz CT molecular complexity index is 394. The van der Waals surface area contributed by atoms with E-state index in [0.717, 1.165) is 3.63 Å². The van der Waals surface area contributed by atoms with E-state index in [-0.39, 0.29) is 40.7 Å². The molecule has 0 heterocycles. The quantitative estimate of drug-likeness (QED) is 0.668. The fourth-order valence-corrected chi connectivity index (χ4v) is 12.7. The average molecular weight is 357 g/mol. The van der Waals surface area contributed by atoms with Gasteiger partial charge in [-0.1, -0.05) is 0 Å². The minimum Gasteiger partial charge on any atom is -1.00 e. The van der Waals surface area contributed by atoms with Crippen LogP contribution in [0.4, 0.5) is 0 Å². The summed E-state index contributed by atoms with van der Waals surface area (Å²) in [7, 11) is 0. The first kappa shape index (κ1) is 16.4. The Morgan fingerprint density at radius 2 is 1.44 bits per heavy atom. The Morgan fingerprint density at radius 3 is 1.72 bits per heavy atom. The summed E-state index contributed by atoms with van der Waals surface area (Å²) in [6, 6.07) is 0. The summed E-state index contributed by atoms with van der Waals surface area (Å²) in [5, 5.41) is 0. The topological polar surface area (TPSA) is 0 Å². The molecule has 0 N–H and O–H groups in total. The molecule has 97 valence electrons. The second kappa shape index (κ2) is 7.22. The molecular weight excluding hydrogens is 335 g/mol. The maximum absolute atomic E-state index is 2.55. The van der Waals surface area contributed by atoms with Crippen LogP contribution in [0.5, 0.6) is 0 Å². The maximum Gasteiger partial charge on any atom is -1.00 e. The molecule has 0 nitrogen and oxygen atoms in total. The van der Waals surface area contributed by atoms with Crippen LogP contribution >= 0.6 is 0 Å². The van der Waals surface area contributed by atoms with Crippen molar-refractivity contribution in [3.63, 3.8) is 0 Å². The van der Waals surface area contributed by atoms with Crippen molar-refractivity contribution in [2.45, 2.75) is 43.4 Å². The third-order valence-corrected chi connectivity index (χ3v) is 13.6. The predicted molar refractivity (Wildman–Crippen MR) is 75.5 cm³/mol. The number of hydrogen-bond donors (Lipinski definition) is 0. The normalized spacial score (nSPS) is 18.1. The average Bonchev–Trinajstić information content (AvgIpc) is 2.84. The van der Waals surface area contributed by atoms with E-state index in [1.807, 2.05) is 0 Å². The monoisotopic (exact) mass is 355 g/mol. The molecule has 2 aliphatic carbocycles. The van der Waals surface area contributed by atoms with Gasteiger partial charge in [0.15, 0.2) is 0 Å². The summed E-state index contributed by atoms with van der Waals surface area (Å²) in [5.41, 5.74) is 6.45. The summed E-state index contributed by atoms with van der Waals surface area (Å²) in [6.45, 7) is 9.58. The fraction of sp³-hybridized carbons (Fsp3) is 0.467. The summed E-state index contributed by atoms with van der Waals surface area (Å²) in [4.78, 5) is 0. The molecule has 0 spiro atoms. The number of hydrogen-bond acceptors (Lipinski definition) is 0. The van der Waals surface area contributed by atoms with Crippen molar-refractivity contribution in [3.8, 4) is 0 Å². The Kier molecular flexibility index (Phi) is 6.58. The molecule has 3 heteroatoms. The summed E-state index contributed by atoms with van der Waals surface area (Å²) in [5.74, 6) is -0.339. The molecule has 0 aliphatic heterocycles. The van der Waals surface area contributed by atoms with Gasteiger partial charge in [0.2, 0.25) is 0 Å². The third-order valence-electron chi connectivity index (χ3n) is 3.39. The molecule has 0 saturated carbocycles. The van der Waals surface area contributed by atoms with E-state index in [1.54, 1.807) is 11.1 Å². The van der Waals surface area contributed by atoms with Crippen LogP contribution in [0.25, 0.3) is 0 Å². The fourth-order valence-electron chi connectivity index (χ4n) is 2.57. The van der Waals surface area contributed by atoms with E-state index >= 15 is 0 Å². The van der Waals surface area contributed by atoms with Gasteiger partial charge in [-0.3, -0.25) is 0 Å². The summed E-state index contributed by atoms with van der Waals surface area (Å²) >= 11 is -0.208. The van der Waals surface area contributed by atoms with Crippen molar-refractivity contribution >= 4 is 5.92 Å². The smallest absolute Gasteiger partial charge is 1.00 e. The zero-order valence-electron chi connectivity index (χ0n) is 11.8. The van der Waals surface area contributed by atoms with Gasteiger partial charge in [0, 0.05) is 0 Å². The molecule has 0 saturated heterocycles. The van der Waals surface area contributed by atoms with Crippen LogP contribution in [0.1, 0.15) is 26.7 Å². The van der Waals surface area contributed by atoms with Crippen LogP contribution in [0.15, 0.2) is 46.6 Å². The van der Waals surface area contributed by atoms with Gasteiger partial charge in [-0.25, -0.2) is 0 Å². The second-order valence-corrected chi connectivity index (χ2v) is 20.5. The van der Waals surface area contributed by atoms with Gasteiger partial charge in [-0.15, -0.1) is 0 Å². The van der Waals surface area contributed by atoms with Crippen molar-refractivity contribution in [1.29, 1.82) is 0 Å². The number of halogens is 1. The standard InChI is InChI=1S/C13H15.C2H7Si.ClH.Zr/c1-10-3-5-12(7-10)9-13-6-4-11(2)8-13;1-3-2;;/h3-4,7-9H,5-6H2,1-2H3;3H,1-2H3;1H;/q;;;+1/p-1.